The predicted molar refractivity (Wildman–Crippen MR) is 71.6 cm³/mol. The maximum absolute atomic E-state index is 11.7. The van der Waals surface area contributed by atoms with Gasteiger partial charge in [-0.15, -0.1) is 0 Å². The van der Waals surface area contributed by atoms with Crippen molar-refractivity contribution in [2.24, 2.45) is 0 Å². The summed E-state index contributed by atoms with van der Waals surface area (Å²) in [5.74, 6) is -0.0678. The summed E-state index contributed by atoms with van der Waals surface area (Å²) in [6, 6.07) is 1.61. The van der Waals surface area contributed by atoms with Crippen molar-refractivity contribution in [3.8, 4) is 0 Å². The van der Waals surface area contributed by atoms with Crippen LogP contribution < -0.4 is 16.4 Å². The highest BCUT2D eigenvalue weighted by molar-refractivity contribution is 5.90. The molecule has 2 heterocycles. The Kier molecular flexibility index (Phi) is 3.99. The Morgan fingerprint density at radius 1 is 1.30 bits per heavy atom. The zero-order valence-electron chi connectivity index (χ0n) is 10.9. The summed E-state index contributed by atoms with van der Waals surface area (Å²) in [6.45, 7) is 0.153. The van der Waals surface area contributed by atoms with Crippen LogP contribution in [-0.4, -0.2) is 38.4 Å². The van der Waals surface area contributed by atoms with Gasteiger partial charge in [-0.25, -0.2) is 0 Å². The zero-order valence-corrected chi connectivity index (χ0v) is 10.9. The average Bonchev–Trinajstić information content (AvgIpc) is 2.99. The molecule has 20 heavy (non-hydrogen) atoms. The van der Waals surface area contributed by atoms with E-state index in [1.807, 2.05) is 0 Å². The predicted octanol–water partition coefficient (Wildman–Crippen LogP) is -0.953. The summed E-state index contributed by atoms with van der Waals surface area (Å²) in [7, 11) is 1.55. The van der Waals surface area contributed by atoms with Crippen LogP contribution in [0.1, 0.15) is 0 Å². The van der Waals surface area contributed by atoms with Gasteiger partial charge < -0.3 is 16.4 Å². The number of nitrogens with two attached hydrogens (primary N) is 1. The van der Waals surface area contributed by atoms with Crippen molar-refractivity contribution in [2.45, 2.75) is 13.1 Å². The largest absolute Gasteiger partial charge is 0.382 e. The Balaban J connectivity index is 1.89. The molecule has 106 valence electrons. The summed E-state index contributed by atoms with van der Waals surface area (Å²) in [5, 5.41) is 13.0. The number of nitrogen functional groups attached to an aromatic ring is 1. The molecule has 4 N–H and O–H groups in total. The van der Waals surface area contributed by atoms with Crippen LogP contribution in [0.2, 0.25) is 0 Å². The minimum atomic E-state index is -0.257. The molecule has 9 nitrogen and oxygen atoms in total. The number of anilines is 2. The van der Waals surface area contributed by atoms with Crippen LogP contribution in [0.15, 0.2) is 24.7 Å². The third kappa shape index (κ3) is 3.57. The van der Waals surface area contributed by atoms with Crippen LogP contribution in [-0.2, 0) is 22.7 Å². The van der Waals surface area contributed by atoms with Gasteiger partial charge in [0.2, 0.25) is 11.8 Å². The Bertz CT molecular complexity index is 616. The Labute approximate surface area is 114 Å². The average molecular weight is 277 g/mol. The van der Waals surface area contributed by atoms with E-state index in [9.17, 15) is 9.59 Å². The molecule has 0 atom stereocenters. The van der Waals surface area contributed by atoms with Crippen molar-refractivity contribution in [3.05, 3.63) is 24.7 Å². The first-order chi connectivity index (χ1) is 9.56. The minimum absolute atomic E-state index is 0.0534. The number of carbonyl (C=O) groups excluding carboxylic acids is 2. The molecule has 0 aliphatic carbocycles. The van der Waals surface area contributed by atoms with E-state index in [2.05, 4.69) is 20.8 Å². The van der Waals surface area contributed by atoms with Crippen LogP contribution >= 0.6 is 0 Å². The van der Waals surface area contributed by atoms with Gasteiger partial charge >= 0.3 is 0 Å². The molecule has 0 bridgehead atoms. The van der Waals surface area contributed by atoms with Gasteiger partial charge in [-0.05, 0) is 6.07 Å². The third-order valence-corrected chi connectivity index (χ3v) is 2.47. The van der Waals surface area contributed by atoms with Gasteiger partial charge in [-0.3, -0.25) is 19.0 Å². The lowest BCUT2D eigenvalue weighted by Crippen LogP contribution is -2.23. The Hall–Kier alpha value is -2.84. The van der Waals surface area contributed by atoms with Gasteiger partial charge in [0.1, 0.15) is 18.9 Å². The monoisotopic (exact) mass is 277 g/mol. The molecule has 0 spiro atoms. The van der Waals surface area contributed by atoms with E-state index >= 15 is 0 Å². The van der Waals surface area contributed by atoms with Crippen molar-refractivity contribution in [1.82, 2.24) is 24.9 Å². The molecule has 2 aromatic rings. The number of likely N-dealkylation sites (N-methyl/N-ethyl adjacent to an activating group) is 1. The molecular weight excluding hydrogens is 262 g/mol. The number of nitrogens with zero attached hydrogens (tertiary/aromatic N) is 4. The lowest BCUT2D eigenvalue weighted by atomic mass is 10.5. The smallest absolute Gasteiger partial charge is 0.246 e. The number of aromatic nitrogens is 4. The second-order valence-electron chi connectivity index (χ2n) is 4.09. The summed E-state index contributed by atoms with van der Waals surface area (Å²) >= 11 is 0. The third-order valence-electron chi connectivity index (χ3n) is 2.47. The highest BCUT2D eigenvalue weighted by Gasteiger charge is 2.07. The molecule has 2 aromatic heterocycles. The second-order valence-corrected chi connectivity index (χ2v) is 4.09. The van der Waals surface area contributed by atoms with Gasteiger partial charge in [-0.2, -0.15) is 10.2 Å². The quantitative estimate of drug-likeness (QED) is 0.650. The topological polar surface area (TPSA) is 120 Å². The number of carbonyl (C=O) groups is 2. The maximum atomic E-state index is 11.7. The molecule has 0 saturated heterocycles. The maximum Gasteiger partial charge on any atom is 0.246 e. The van der Waals surface area contributed by atoms with Crippen LogP contribution in [0.5, 0.6) is 0 Å². The summed E-state index contributed by atoms with van der Waals surface area (Å²) in [4.78, 5) is 22.9. The van der Waals surface area contributed by atoms with Crippen molar-refractivity contribution in [1.29, 1.82) is 0 Å². The van der Waals surface area contributed by atoms with Crippen molar-refractivity contribution >= 4 is 23.3 Å². The summed E-state index contributed by atoms with van der Waals surface area (Å²) < 4.78 is 2.86. The highest BCUT2D eigenvalue weighted by Crippen LogP contribution is 2.05. The summed E-state index contributed by atoms with van der Waals surface area (Å²) in [6.07, 6.45) is 4.66. The Morgan fingerprint density at radius 3 is 2.70 bits per heavy atom. The lowest BCUT2D eigenvalue weighted by Gasteiger charge is -2.02. The van der Waals surface area contributed by atoms with E-state index in [-0.39, 0.29) is 24.9 Å². The molecule has 0 aromatic carbocycles. The van der Waals surface area contributed by atoms with Gasteiger partial charge in [0.15, 0.2) is 0 Å². The van der Waals surface area contributed by atoms with E-state index < -0.39 is 0 Å². The van der Waals surface area contributed by atoms with Crippen molar-refractivity contribution in [3.63, 3.8) is 0 Å². The van der Waals surface area contributed by atoms with Crippen LogP contribution in [0, 0.1) is 0 Å². The van der Waals surface area contributed by atoms with E-state index in [0.717, 1.165) is 0 Å². The lowest BCUT2D eigenvalue weighted by molar-refractivity contribution is -0.121. The van der Waals surface area contributed by atoms with Crippen LogP contribution in [0.25, 0.3) is 0 Å². The molecule has 0 aliphatic rings. The normalized spacial score (nSPS) is 10.2. The molecule has 2 rings (SSSR count). The van der Waals surface area contributed by atoms with Gasteiger partial charge in [0.05, 0.1) is 11.9 Å². The standard InChI is InChI=1S/C11H15N7O2/c1-13-10(19)6-18-5-8(4-14-18)15-11(20)7-17-3-2-9(12)16-17/h2-5H,6-7H2,1H3,(H2,12,16)(H,13,19)(H,15,20). The molecule has 0 saturated carbocycles. The molecule has 2 amide bonds. The fourth-order valence-corrected chi connectivity index (χ4v) is 1.55. The van der Waals surface area contributed by atoms with Gasteiger partial charge in [-0.1, -0.05) is 0 Å². The van der Waals surface area contributed by atoms with Crippen LogP contribution in [0.4, 0.5) is 11.5 Å². The highest BCUT2D eigenvalue weighted by atomic mass is 16.2. The molecule has 9 heteroatoms. The number of rotatable bonds is 5. The van der Waals surface area contributed by atoms with E-state index in [1.54, 1.807) is 25.5 Å². The molecule has 0 radical (unpaired) electrons. The number of hydrogen-bond acceptors (Lipinski definition) is 5. The van der Waals surface area contributed by atoms with E-state index in [0.29, 0.717) is 11.5 Å². The second kappa shape index (κ2) is 5.87. The first-order valence-corrected chi connectivity index (χ1v) is 5.88. The first-order valence-electron chi connectivity index (χ1n) is 5.88. The van der Waals surface area contributed by atoms with Crippen molar-refractivity contribution in [2.75, 3.05) is 18.1 Å². The number of amides is 2. The van der Waals surface area contributed by atoms with Crippen LogP contribution in [0.3, 0.4) is 0 Å². The molecule has 0 fully saturated rings. The van der Waals surface area contributed by atoms with Gasteiger partial charge in [0, 0.05) is 19.4 Å². The summed E-state index contributed by atoms with van der Waals surface area (Å²) in [5.41, 5.74) is 5.97. The minimum Gasteiger partial charge on any atom is -0.382 e. The van der Waals surface area contributed by atoms with Crippen molar-refractivity contribution < 1.29 is 9.59 Å². The zero-order chi connectivity index (χ0) is 14.5. The van der Waals surface area contributed by atoms with E-state index in [4.69, 9.17) is 5.73 Å². The fourth-order valence-electron chi connectivity index (χ4n) is 1.55. The molecular formula is C11H15N7O2. The number of nitrogens with one attached hydrogen (secondary N) is 2. The molecule has 0 aliphatic heterocycles. The molecule has 0 unspecified atom stereocenters. The fraction of sp³-hybridized carbons (Fsp3) is 0.273. The number of hydrogen-bond donors (Lipinski definition) is 3. The Morgan fingerprint density at radius 2 is 2.05 bits per heavy atom. The first kappa shape index (κ1) is 13.6. The van der Waals surface area contributed by atoms with E-state index in [1.165, 1.54) is 15.6 Å². The van der Waals surface area contributed by atoms with Gasteiger partial charge in [0.25, 0.3) is 0 Å². The SMILES string of the molecule is CNC(=O)Cn1cc(NC(=O)Cn2ccc(N)n2)cn1.